The van der Waals surface area contributed by atoms with Gasteiger partial charge in [0, 0.05) is 36.5 Å². The SMILES string of the molecule is c1ccc(N(c2cccc3ccccc23)c2cccc3ccccc23)c(-c2ccc3sc4ccccc4c3c2)c1. The Balaban J connectivity index is 1.43. The number of hydrogen-bond acceptors (Lipinski definition) is 2. The highest BCUT2D eigenvalue weighted by Gasteiger charge is 2.21. The van der Waals surface area contributed by atoms with Crippen molar-refractivity contribution in [3.63, 3.8) is 0 Å². The van der Waals surface area contributed by atoms with E-state index in [4.69, 9.17) is 0 Å². The lowest BCUT2D eigenvalue weighted by Gasteiger charge is -2.30. The van der Waals surface area contributed by atoms with Gasteiger partial charge in [-0.1, -0.05) is 115 Å². The Morgan fingerprint density at radius 2 is 0.900 bits per heavy atom. The summed E-state index contributed by atoms with van der Waals surface area (Å²) >= 11 is 1.86. The van der Waals surface area contributed by atoms with E-state index >= 15 is 0 Å². The fourth-order valence-electron chi connectivity index (χ4n) is 6.00. The van der Waals surface area contributed by atoms with Crippen LogP contribution >= 0.6 is 11.3 Å². The van der Waals surface area contributed by atoms with E-state index in [-0.39, 0.29) is 0 Å². The van der Waals surface area contributed by atoms with Gasteiger partial charge in [-0.25, -0.2) is 0 Å². The first-order chi connectivity index (χ1) is 19.8. The second-order valence-electron chi connectivity index (χ2n) is 10.2. The topological polar surface area (TPSA) is 3.24 Å². The molecule has 7 aromatic carbocycles. The van der Waals surface area contributed by atoms with Crippen LogP contribution in [0.3, 0.4) is 0 Å². The number of rotatable bonds is 4. The van der Waals surface area contributed by atoms with Crippen molar-refractivity contribution in [3.8, 4) is 11.1 Å². The summed E-state index contributed by atoms with van der Waals surface area (Å²) in [6, 6.07) is 55.0. The average molecular weight is 528 g/mol. The summed E-state index contributed by atoms with van der Waals surface area (Å²) in [6.07, 6.45) is 0. The van der Waals surface area contributed by atoms with E-state index in [2.05, 4.69) is 157 Å². The fourth-order valence-corrected chi connectivity index (χ4v) is 7.09. The van der Waals surface area contributed by atoms with Crippen LogP contribution in [-0.2, 0) is 0 Å². The van der Waals surface area contributed by atoms with Crippen LogP contribution < -0.4 is 4.90 Å². The molecule has 0 bridgehead atoms. The molecule has 1 heterocycles. The molecule has 188 valence electrons. The molecule has 0 spiro atoms. The van der Waals surface area contributed by atoms with Crippen molar-refractivity contribution in [3.05, 3.63) is 152 Å². The van der Waals surface area contributed by atoms with Gasteiger partial charge >= 0.3 is 0 Å². The van der Waals surface area contributed by atoms with Crippen LogP contribution in [0.2, 0.25) is 0 Å². The van der Waals surface area contributed by atoms with Gasteiger partial charge in [-0.05, 0) is 52.7 Å². The van der Waals surface area contributed by atoms with Crippen molar-refractivity contribution < 1.29 is 0 Å². The average Bonchev–Trinajstić information content (AvgIpc) is 3.40. The Labute approximate surface area is 237 Å². The highest BCUT2D eigenvalue weighted by molar-refractivity contribution is 7.25. The Bertz CT molecular complexity index is 2100. The minimum Gasteiger partial charge on any atom is -0.309 e. The van der Waals surface area contributed by atoms with E-state index < -0.39 is 0 Å². The lowest BCUT2D eigenvalue weighted by atomic mass is 9.98. The summed E-state index contributed by atoms with van der Waals surface area (Å²) < 4.78 is 2.65. The number of nitrogens with zero attached hydrogens (tertiary/aromatic N) is 1. The summed E-state index contributed by atoms with van der Waals surface area (Å²) in [7, 11) is 0. The molecule has 0 aliphatic heterocycles. The molecule has 8 aromatic rings. The van der Waals surface area contributed by atoms with Crippen LogP contribution in [0.1, 0.15) is 0 Å². The normalized spacial score (nSPS) is 11.5. The predicted octanol–water partition coefficient (Wildman–Crippen LogP) is 11.5. The molecular weight excluding hydrogens is 502 g/mol. The summed E-state index contributed by atoms with van der Waals surface area (Å²) in [4.78, 5) is 2.45. The monoisotopic (exact) mass is 527 g/mol. The molecule has 0 amide bonds. The van der Waals surface area contributed by atoms with Crippen molar-refractivity contribution >= 4 is 70.1 Å². The molecule has 0 radical (unpaired) electrons. The number of benzene rings is 7. The molecular formula is C38H25NS. The molecule has 0 unspecified atom stereocenters. The van der Waals surface area contributed by atoms with Gasteiger partial charge in [0.2, 0.25) is 0 Å². The Kier molecular flexibility index (Phi) is 5.39. The van der Waals surface area contributed by atoms with Crippen molar-refractivity contribution in [2.75, 3.05) is 4.90 Å². The Morgan fingerprint density at radius 3 is 1.62 bits per heavy atom. The van der Waals surface area contributed by atoms with Crippen LogP contribution in [0.4, 0.5) is 17.1 Å². The van der Waals surface area contributed by atoms with Crippen LogP contribution in [0.15, 0.2) is 152 Å². The van der Waals surface area contributed by atoms with E-state index in [0.717, 1.165) is 5.69 Å². The number of hydrogen-bond donors (Lipinski definition) is 0. The molecule has 1 nitrogen and oxygen atoms in total. The van der Waals surface area contributed by atoms with E-state index in [1.165, 1.54) is 64.2 Å². The van der Waals surface area contributed by atoms with Gasteiger partial charge in [0.25, 0.3) is 0 Å². The maximum Gasteiger partial charge on any atom is 0.0540 e. The lowest BCUT2D eigenvalue weighted by molar-refractivity contribution is 1.31. The van der Waals surface area contributed by atoms with Gasteiger partial charge in [-0.2, -0.15) is 0 Å². The van der Waals surface area contributed by atoms with Crippen molar-refractivity contribution in [1.29, 1.82) is 0 Å². The first kappa shape index (κ1) is 23.0. The Morgan fingerprint density at radius 1 is 0.375 bits per heavy atom. The number of fused-ring (bicyclic) bond motifs is 5. The summed E-state index contributed by atoms with van der Waals surface area (Å²) in [5.41, 5.74) is 5.93. The molecule has 2 heteroatoms. The third kappa shape index (κ3) is 3.69. The summed E-state index contributed by atoms with van der Waals surface area (Å²) in [5.74, 6) is 0. The minimum atomic E-state index is 1.16. The third-order valence-corrected chi connectivity index (χ3v) is 9.00. The lowest BCUT2D eigenvalue weighted by Crippen LogP contribution is -2.12. The third-order valence-electron chi connectivity index (χ3n) is 7.85. The smallest absolute Gasteiger partial charge is 0.0540 e. The molecule has 1 aromatic heterocycles. The van der Waals surface area contributed by atoms with Crippen LogP contribution in [-0.4, -0.2) is 0 Å². The Hall–Kier alpha value is -4.92. The maximum absolute atomic E-state index is 2.45. The zero-order valence-electron chi connectivity index (χ0n) is 21.8. The zero-order valence-corrected chi connectivity index (χ0v) is 22.6. The van der Waals surface area contributed by atoms with Gasteiger partial charge in [-0.15, -0.1) is 11.3 Å². The maximum atomic E-state index is 2.45. The van der Waals surface area contributed by atoms with Gasteiger partial charge in [0.1, 0.15) is 0 Å². The molecule has 0 atom stereocenters. The molecule has 0 aliphatic rings. The van der Waals surface area contributed by atoms with E-state index in [1.54, 1.807) is 0 Å². The van der Waals surface area contributed by atoms with Crippen molar-refractivity contribution in [2.24, 2.45) is 0 Å². The quantitative estimate of drug-likeness (QED) is 0.220. The van der Waals surface area contributed by atoms with Gasteiger partial charge in [-0.3, -0.25) is 0 Å². The van der Waals surface area contributed by atoms with Crippen LogP contribution in [0.25, 0.3) is 52.8 Å². The second kappa shape index (κ2) is 9.37. The van der Waals surface area contributed by atoms with Crippen LogP contribution in [0, 0.1) is 0 Å². The number of anilines is 3. The molecule has 0 aliphatic carbocycles. The molecule has 0 N–H and O–H groups in total. The van der Waals surface area contributed by atoms with Gasteiger partial charge in [0.15, 0.2) is 0 Å². The van der Waals surface area contributed by atoms with Gasteiger partial charge in [0.05, 0.1) is 17.1 Å². The first-order valence-electron chi connectivity index (χ1n) is 13.6. The molecule has 0 fully saturated rings. The molecule has 0 saturated heterocycles. The molecule has 8 rings (SSSR count). The molecule has 0 saturated carbocycles. The molecule has 40 heavy (non-hydrogen) atoms. The summed E-state index contributed by atoms with van der Waals surface area (Å²) in [5, 5.41) is 7.55. The van der Waals surface area contributed by atoms with Crippen LogP contribution in [0.5, 0.6) is 0 Å². The zero-order chi connectivity index (χ0) is 26.5. The standard InChI is InChI=1S/C38H25NS/c1-3-15-29-26(11-1)13-9-20-35(29)39(36-21-10-14-27-12-2-4-16-30(27)36)34-19-7-5-17-31(34)28-23-24-38-33(25-28)32-18-6-8-22-37(32)40-38/h1-25H. The minimum absolute atomic E-state index is 1.16. The summed E-state index contributed by atoms with van der Waals surface area (Å²) in [6.45, 7) is 0. The fraction of sp³-hybridized carbons (Fsp3) is 0. The van der Waals surface area contributed by atoms with Crippen molar-refractivity contribution in [1.82, 2.24) is 0 Å². The largest absolute Gasteiger partial charge is 0.309 e. The van der Waals surface area contributed by atoms with Crippen molar-refractivity contribution in [2.45, 2.75) is 0 Å². The number of thiophene rings is 1. The van der Waals surface area contributed by atoms with E-state index in [0.29, 0.717) is 0 Å². The number of para-hydroxylation sites is 1. The van der Waals surface area contributed by atoms with E-state index in [1.807, 2.05) is 11.3 Å². The van der Waals surface area contributed by atoms with Gasteiger partial charge < -0.3 is 4.90 Å². The highest BCUT2D eigenvalue weighted by atomic mass is 32.1. The highest BCUT2D eigenvalue weighted by Crippen LogP contribution is 2.46. The predicted molar refractivity (Wildman–Crippen MR) is 174 cm³/mol. The van der Waals surface area contributed by atoms with E-state index in [9.17, 15) is 0 Å². The first-order valence-corrected chi connectivity index (χ1v) is 14.4. The second-order valence-corrected chi connectivity index (χ2v) is 11.2.